The maximum absolute atomic E-state index is 5.69. The van der Waals surface area contributed by atoms with E-state index in [1.807, 2.05) is 6.92 Å². The summed E-state index contributed by atoms with van der Waals surface area (Å²) in [6, 6.07) is -0.364. The molecule has 0 bridgehead atoms. The molecule has 0 aromatic heterocycles. The predicted molar refractivity (Wildman–Crippen MR) is 47.2 cm³/mol. The maximum atomic E-state index is 5.69. The van der Waals surface area contributed by atoms with Gasteiger partial charge in [0.2, 0.25) is 5.62 Å². The molecule has 5 atom stereocenters. The van der Waals surface area contributed by atoms with Gasteiger partial charge in [-0.05, 0) is 6.42 Å². The van der Waals surface area contributed by atoms with E-state index in [1.54, 1.807) is 0 Å². The SMILES string of the molecule is [B][C@H]1O[C@@H](CC)C2OC(S)OC21. The van der Waals surface area contributed by atoms with Crippen LogP contribution in [-0.4, -0.2) is 37.8 Å². The third-order valence-corrected chi connectivity index (χ3v) is 2.54. The fraction of sp³-hybridized carbons (Fsp3) is 1.00. The van der Waals surface area contributed by atoms with Crippen LogP contribution >= 0.6 is 12.6 Å². The Hall–Kier alpha value is 0.295. The maximum Gasteiger partial charge on any atom is 0.204 e. The fourth-order valence-electron chi connectivity index (χ4n) is 1.70. The van der Waals surface area contributed by atoms with E-state index in [0.717, 1.165) is 6.42 Å². The van der Waals surface area contributed by atoms with E-state index in [1.165, 1.54) is 0 Å². The summed E-state index contributed by atoms with van der Waals surface area (Å²) in [5.41, 5.74) is -0.441. The van der Waals surface area contributed by atoms with Crippen molar-refractivity contribution < 1.29 is 14.2 Å². The molecule has 3 nitrogen and oxygen atoms in total. The standard InChI is InChI=1S/C7H11BO3S/c1-2-3-4-5(6(8)9-3)11-7(12)10-4/h3-7,12H,2H2,1H3/t3-,4?,5?,6-,7?/m0/s1. The van der Waals surface area contributed by atoms with Crippen molar-refractivity contribution in [3.8, 4) is 0 Å². The molecule has 2 fully saturated rings. The Morgan fingerprint density at radius 1 is 1.25 bits per heavy atom. The Bertz CT molecular complexity index is 180. The molecular weight excluding hydrogens is 175 g/mol. The van der Waals surface area contributed by atoms with E-state index in [-0.39, 0.29) is 24.3 Å². The van der Waals surface area contributed by atoms with Gasteiger partial charge < -0.3 is 14.2 Å². The Labute approximate surface area is 78.6 Å². The highest BCUT2D eigenvalue weighted by molar-refractivity contribution is 7.80. The molecule has 66 valence electrons. The van der Waals surface area contributed by atoms with Gasteiger partial charge in [0.15, 0.2) is 0 Å². The molecule has 5 heteroatoms. The minimum Gasteiger partial charge on any atom is -0.379 e. The lowest BCUT2D eigenvalue weighted by Gasteiger charge is -2.14. The van der Waals surface area contributed by atoms with E-state index in [2.05, 4.69) is 12.6 Å². The number of thiol groups is 1. The molecule has 0 aromatic carbocycles. The lowest BCUT2D eigenvalue weighted by molar-refractivity contribution is -0.0701. The molecule has 2 aliphatic rings. The van der Waals surface area contributed by atoms with Gasteiger partial charge >= 0.3 is 0 Å². The van der Waals surface area contributed by atoms with Crippen LogP contribution in [0.1, 0.15) is 13.3 Å². The molecule has 12 heavy (non-hydrogen) atoms. The topological polar surface area (TPSA) is 27.7 Å². The van der Waals surface area contributed by atoms with Crippen LogP contribution in [0.5, 0.6) is 0 Å². The van der Waals surface area contributed by atoms with Crippen molar-refractivity contribution in [3.05, 3.63) is 0 Å². The number of rotatable bonds is 1. The lowest BCUT2D eigenvalue weighted by Crippen LogP contribution is -2.29. The zero-order valence-corrected chi connectivity index (χ0v) is 7.74. The number of hydrogen-bond donors (Lipinski definition) is 1. The molecule has 0 N–H and O–H groups in total. The lowest BCUT2D eigenvalue weighted by atomic mass is 9.93. The van der Waals surface area contributed by atoms with Gasteiger partial charge in [-0.1, -0.05) is 6.92 Å². The molecule has 2 aliphatic heterocycles. The minimum absolute atomic E-state index is 0.0347. The largest absolute Gasteiger partial charge is 0.379 e. The first-order chi connectivity index (χ1) is 5.72. The molecule has 0 amide bonds. The van der Waals surface area contributed by atoms with E-state index in [4.69, 9.17) is 22.1 Å². The first-order valence-electron chi connectivity index (χ1n) is 4.12. The monoisotopic (exact) mass is 186 g/mol. The van der Waals surface area contributed by atoms with E-state index < -0.39 is 5.62 Å². The third-order valence-electron chi connectivity index (χ3n) is 2.30. The molecule has 2 rings (SSSR count). The van der Waals surface area contributed by atoms with Crippen LogP contribution in [0.15, 0.2) is 0 Å². The van der Waals surface area contributed by atoms with Crippen molar-refractivity contribution in [2.75, 3.05) is 0 Å². The van der Waals surface area contributed by atoms with Crippen LogP contribution in [0.4, 0.5) is 0 Å². The Morgan fingerprint density at radius 2 is 1.92 bits per heavy atom. The summed E-state index contributed by atoms with van der Waals surface area (Å²) in [6.45, 7) is 2.04. The molecule has 2 saturated heterocycles. The predicted octanol–water partition coefficient (Wildman–Crippen LogP) is 0.287. The highest BCUT2D eigenvalue weighted by atomic mass is 32.1. The zero-order valence-electron chi connectivity index (χ0n) is 6.84. The summed E-state index contributed by atoms with van der Waals surface area (Å²) in [4.78, 5) is 0. The molecule has 0 saturated carbocycles. The Balaban J connectivity index is 2.08. The van der Waals surface area contributed by atoms with Crippen LogP contribution in [0, 0.1) is 0 Å². The first-order valence-corrected chi connectivity index (χ1v) is 4.64. The van der Waals surface area contributed by atoms with Gasteiger partial charge in [-0.3, -0.25) is 0 Å². The summed E-state index contributed by atoms with van der Waals surface area (Å²) in [5, 5.41) is 0. The van der Waals surface area contributed by atoms with Crippen LogP contribution < -0.4 is 0 Å². The van der Waals surface area contributed by atoms with Crippen LogP contribution in [0.3, 0.4) is 0 Å². The second-order valence-corrected chi connectivity index (χ2v) is 3.48. The van der Waals surface area contributed by atoms with Gasteiger partial charge in [0, 0.05) is 6.00 Å². The fourth-order valence-corrected chi connectivity index (χ4v) is 1.99. The van der Waals surface area contributed by atoms with Crippen LogP contribution in [-0.2, 0) is 14.2 Å². The second-order valence-electron chi connectivity index (χ2n) is 3.06. The third kappa shape index (κ3) is 1.29. The van der Waals surface area contributed by atoms with Gasteiger partial charge in [-0.25, -0.2) is 0 Å². The second kappa shape index (κ2) is 3.22. The molecule has 0 aromatic rings. The average molecular weight is 186 g/mol. The molecule has 0 spiro atoms. The number of fused-ring (bicyclic) bond motifs is 1. The van der Waals surface area contributed by atoms with Crippen molar-refractivity contribution in [2.24, 2.45) is 0 Å². The van der Waals surface area contributed by atoms with E-state index in [0.29, 0.717) is 0 Å². The van der Waals surface area contributed by atoms with E-state index >= 15 is 0 Å². The van der Waals surface area contributed by atoms with Gasteiger partial charge in [-0.15, -0.1) is 12.6 Å². The molecule has 2 heterocycles. The van der Waals surface area contributed by atoms with Gasteiger partial charge in [0.25, 0.3) is 0 Å². The first kappa shape index (κ1) is 8.87. The van der Waals surface area contributed by atoms with Crippen molar-refractivity contribution in [3.63, 3.8) is 0 Å². The molecular formula is C7H11BO3S. The van der Waals surface area contributed by atoms with Crippen LogP contribution in [0.2, 0.25) is 0 Å². The smallest absolute Gasteiger partial charge is 0.204 e. The quantitative estimate of drug-likeness (QED) is 0.471. The van der Waals surface area contributed by atoms with Crippen molar-refractivity contribution in [1.29, 1.82) is 0 Å². The number of hydrogen-bond acceptors (Lipinski definition) is 4. The summed E-state index contributed by atoms with van der Waals surface area (Å²) >= 11 is 4.06. The zero-order chi connectivity index (χ0) is 8.72. The van der Waals surface area contributed by atoms with Gasteiger partial charge in [0.05, 0.1) is 6.10 Å². The van der Waals surface area contributed by atoms with Crippen molar-refractivity contribution in [2.45, 2.75) is 43.3 Å². The molecule has 3 unspecified atom stereocenters. The Morgan fingerprint density at radius 3 is 2.58 bits per heavy atom. The summed E-state index contributed by atoms with van der Waals surface area (Å²) in [7, 11) is 5.69. The van der Waals surface area contributed by atoms with Crippen molar-refractivity contribution >= 4 is 20.5 Å². The minimum atomic E-state index is -0.441. The van der Waals surface area contributed by atoms with Gasteiger partial charge in [0.1, 0.15) is 20.1 Å². The molecule has 2 radical (unpaired) electrons. The summed E-state index contributed by atoms with van der Waals surface area (Å²) in [5.74, 6) is 0. The normalized spacial score (nSPS) is 52.7. The van der Waals surface area contributed by atoms with E-state index in [9.17, 15) is 0 Å². The summed E-state index contributed by atoms with van der Waals surface area (Å²) in [6.07, 6.45) is 0.769. The summed E-state index contributed by atoms with van der Waals surface area (Å²) < 4.78 is 16.1. The van der Waals surface area contributed by atoms with Crippen molar-refractivity contribution in [1.82, 2.24) is 0 Å². The van der Waals surface area contributed by atoms with Gasteiger partial charge in [-0.2, -0.15) is 0 Å². The number of ether oxygens (including phenoxy) is 3. The highest BCUT2D eigenvalue weighted by Gasteiger charge is 2.48. The van der Waals surface area contributed by atoms with Crippen LogP contribution in [0.25, 0.3) is 0 Å². The Kier molecular flexibility index (Phi) is 2.38. The molecule has 0 aliphatic carbocycles. The average Bonchev–Trinajstić information content (AvgIpc) is 2.52. The highest BCUT2D eigenvalue weighted by Crippen LogP contribution is 2.34.